The fraction of sp³-hybridized carbons (Fsp3) is 0.286. The van der Waals surface area contributed by atoms with Crippen molar-refractivity contribution in [1.29, 1.82) is 0 Å². The van der Waals surface area contributed by atoms with Crippen molar-refractivity contribution in [1.82, 2.24) is 20.1 Å². The summed E-state index contributed by atoms with van der Waals surface area (Å²) < 4.78 is 39.2. The minimum atomic E-state index is -4.64. The van der Waals surface area contributed by atoms with Gasteiger partial charge >= 0.3 is 18.0 Å². The van der Waals surface area contributed by atoms with Crippen LogP contribution < -0.4 is 10.6 Å². The smallest absolute Gasteiger partial charge is 0.341 e. The molecule has 0 saturated carbocycles. The molecule has 2 N–H and O–H groups in total. The Morgan fingerprint density at radius 1 is 1.25 bits per heavy atom. The maximum Gasteiger partial charge on any atom is 0.433 e. The highest BCUT2D eigenvalue weighted by Gasteiger charge is 2.32. The van der Waals surface area contributed by atoms with Crippen molar-refractivity contribution in [2.75, 3.05) is 5.32 Å². The number of carbonyl (C=O) groups is 2. The van der Waals surface area contributed by atoms with Crippen LogP contribution in [0.15, 0.2) is 30.6 Å². The molecular weight excluding hydrogens is 327 g/mol. The Kier molecular flexibility index (Phi) is 4.86. The van der Waals surface area contributed by atoms with Gasteiger partial charge in [-0.1, -0.05) is 6.07 Å². The number of anilines is 1. The molecule has 2 rings (SSSR count). The van der Waals surface area contributed by atoms with Crippen molar-refractivity contribution < 1.29 is 22.8 Å². The monoisotopic (exact) mass is 341 g/mol. The van der Waals surface area contributed by atoms with Crippen molar-refractivity contribution in [3.05, 3.63) is 41.9 Å². The second-order valence-electron chi connectivity index (χ2n) is 5.00. The topological polar surface area (TPSA) is 88.9 Å². The Hall–Kier alpha value is -2.91. The van der Waals surface area contributed by atoms with Crippen LogP contribution in [0.3, 0.4) is 0 Å². The SMILES string of the molecule is C[C@@H](NC(=O)C(=O)Nc1cccc(C(F)(F)F)n1)c1cnn(C)c1. The minimum Gasteiger partial charge on any atom is -0.341 e. The highest BCUT2D eigenvalue weighted by Crippen LogP contribution is 2.28. The highest BCUT2D eigenvalue weighted by atomic mass is 19.4. The lowest BCUT2D eigenvalue weighted by Gasteiger charge is -2.12. The summed E-state index contributed by atoms with van der Waals surface area (Å²) in [6.45, 7) is 1.64. The van der Waals surface area contributed by atoms with Crippen LogP contribution in [0.25, 0.3) is 0 Å². The summed E-state index contributed by atoms with van der Waals surface area (Å²) >= 11 is 0. The second kappa shape index (κ2) is 6.69. The van der Waals surface area contributed by atoms with E-state index in [0.717, 1.165) is 18.2 Å². The van der Waals surface area contributed by atoms with Crippen LogP contribution in [0.1, 0.15) is 24.2 Å². The average Bonchev–Trinajstić information content (AvgIpc) is 2.93. The van der Waals surface area contributed by atoms with E-state index in [1.165, 1.54) is 10.9 Å². The van der Waals surface area contributed by atoms with Gasteiger partial charge in [-0.2, -0.15) is 18.3 Å². The number of amides is 2. The average molecular weight is 341 g/mol. The van der Waals surface area contributed by atoms with E-state index in [1.807, 2.05) is 5.32 Å². The van der Waals surface area contributed by atoms with Crippen molar-refractivity contribution in [2.45, 2.75) is 19.1 Å². The number of hydrogen-bond acceptors (Lipinski definition) is 4. The van der Waals surface area contributed by atoms with Crippen molar-refractivity contribution >= 4 is 17.6 Å². The van der Waals surface area contributed by atoms with Gasteiger partial charge < -0.3 is 10.6 Å². The Morgan fingerprint density at radius 3 is 2.54 bits per heavy atom. The van der Waals surface area contributed by atoms with Gasteiger partial charge in [0.1, 0.15) is 11.5 Å². The van der Waals surface area contributed by atoms with Gasteiger partial charge in [0, 0.05) is 18.8 Å². The molecule has 0 unspecified atom stereocenters. The number of nitrogens with zero attached hydrogens (tertiary/aromatic N) is 3. The quantitative estimate of drug-likeness (QED) is 0.831. The normalized spacial score (nSPS) is 12.5. The highest BCUT2D eigenvalue weighted by molar-refractivity contribution is 6.39. The Balaban J connectivity index is 2.00. The third-order valence-corrected chi connectivity index (χ3v) is 3.06. The maximum atomic E-state index is 12.6. The Bertz CT molecular complexity index is 757. The molecule has 2 amide bonds. The molecule has 7 nitrogen and oxygen atoms in total. The first-order valence-corrected chi connectivity index (χ1v) is 6.81. The second-order valence-corrected chi connectivity index (χ2v) is 5.00. The molecule has 24 heavy (non-hydrogen) atoms. The van der Waals surface area contributed by atoms with Crippen LogP contribution in [-0.2, 0) is 22.8 Å². The van der Waals surface area contributed by atoms with E-state index in [-0.39, 0.29) is 5.82 Å². The van der Waals surface area contributed by atoms with Crippen LogP contribution >= 0.6 is 0 Å². The van der Waals surface area contributed by atoms with Gasteiger partial charge in [0.15, 0.2) is 0 Å². The van der Waals surface area contributed by atoms with E-state index in [1.54, 1.807) is 20.2 Å². The number of hydrogen-bond donors (Lipinski definition) is 2. The fourth-order valence-electron chi connectivity index (χ4n) is 1.84. The largest absolute Gasteiger partial charge is 0.433 e. The van der Waals surface area contributed by atoms with Gasteiger partial charge in [0.2, 0.25) is 0 Å². The van der Waals surface area contributed by atoms with Crippen molar-refractivity contribution in [2.24, 2.45) is 7.05 Å². The fourth-order valence-corrected chi connectivity index (χ4v) is 1.84. The van der Waals surface area contributed by atoms with Crippen LogP contribution in [0.5, 0.6) is 0 Å². The van der Waals surface area contributed by atoms with E-state index in [9.17, 15) is 22.8 Å². The molecule has 1 atom stereocenters. The number of nitrogens with one attached hydrogen (secondary N) is 2. The summed E-state index contributed by atoms with van der Waals surface area (Å²) in [5.41, 5.74) is -0.486. The van der Waals surface area contributed by atoms with Gasteiger partial charge in [-0.05, 0) is 19.1 Å². The lowest BCUT2D eigenvalue weighted by Crippen LogP contribution is -2.37. The molecular formula is C14H14F3N5O2. The van der Waals surface area contributed by atoms with E-state index >= 15 is 0 Å². The summed E-state index contributed by atoms with van der Waals surface area (Å²) in [5.74, 6) is -2.47. The number of aromatic nitrogens is 3. The summed E-state index contributed by atoms with van der Waals surface area (Å²) in [6, 6.07) is 2.51. The molecule has 128 valence electrons. The first kappa shape index (κ1) is 17.4. The number of pyridine rings is 1. The molecule has 0 radical (unpaired) electrons. The summed E-state index contributed by atoms with van der Waals surface area (Å²) in [6.07, 6.45) is -1.45. The zero-order chi connectivity index (χ0) is 17.9. The van der Waals surface area contributed by atoms with Crippen LogP contribution in [0.2, 0.25) is 0 Å². The van der Waals surface area contributed by atoms with Crippen LogP contribution in [-0.4, -0.2) is 26.6 Å². The van der Waals surface area contributed by atoms with Gasteiger partial charge in [-0.15, -0.1) is 0 Å². The molecule has 0 saturated heterocycles. The van der Waals surface area contributed by atoms with Gasteiger partial charge in [-0.3, -0.25) is 14.3 Å². The molecule has 0 bridgehead atoms. The molecule has 0 aliphatic heterocycles. The van der Waals surface area contributed by atoms with E-state index < -0.39 is 29.7 Å². The third kappa shape index (κ3) is 4.31. The molecule has 2 heterocycles. The molecule has 2 aromatic heterocycles. The predicted octanol–water partition coefficient (Wildman–Crippen LogP) is 1.65. The summed E-state index contributed by atoms with van der Waals surface area (Å²) in [4.78, 5) is 26.9. The van der Waals surface area contributed by atoms with Crippen LogP contribution in [0, 0.1) is 0 Å². The Morgan fingerprint density at radius 2 is 1.96 bits per heavy atom. The van der Waals surface area contributed by atoms with Crippen molar-refractivity contribution in [3.8, 4) is 0 Å². The molecule has 0 aliphatic carbocycles. The molecule has 0 aliphatic rings. The molecule has 10 heteroatoms. The van der Waals surface area contributed by atoms with Gasteiger partial charge in [0.25, 0.3) is 0 Å². The zero-order valence-electron chi connectivity index (χ0n) is 12.8. The van der Waals surface area contributed by atoms with E-state index in [4.69, 9.17) is 0 Å². The third-order valence-electron chi connectivity index (χ3n) is 3.06. The van der Waals surface area contributed by atoms with E-state index in [0.29, 0.717) is 5.56 Å². The maximum absolute atomic E-state index is 12.6. The first-order valence-electron chi connectivity index (χ1n) is 6.81. The standard InChI is InChI=1S/C14H14F3N5O2/c1-8(9-6-18-22(2)7-9)19-12(23)13(24)21-11-5-3-4-10(20-11)14(15,16)17/h3-8H,1-2H3,(H,19,23)(H,20,21,24)/t8-/m1/s1. The van der Waals surface area contributed by atoms with Crippen molar-refractivity contribution in [3.63, 3.8) is 0 Å². The van der Waals surface area contributed by atoms with Gasteiger partial charge in [0.05, 0.1) is 12.2 Å². The van der Waals surface area contributed by atoms with Crippen LogP contribution in [0.4, 0.5) is 19.0 Å². The first-order chi connectivity index (χ1) is 11.2. The summed E-state index contributed by atoms with van der Waals surface area (Å²) in [5, 5.41) is 8.39. The molecule has 0 fully saturated rings. The van der Waals surface area contributed by atoms with E-state index in [2.05, 4.69) is 15.4 Å². The lowest BCUT2D eigenvalue weighted by atomic mass is 10.2. The number of alkyl halides is 3. The molecule has 0 aromatic carbocycles. The van der Waals surface area contributed by atoms with Gasteiger partial charge in [-0.25, -0.2) is 4.98 Å². The predicted molar refractivity (Wildman–Crippen MR) is 77.6 cm³/mol. The minimum absolute atomic E-state index is 0.362. The Labute approximate surface area is 134 Å². The lowest BCUT2D eigenvalue weighted by molar-refractivity contribution is -0.141. The molecule has 0 spiro atoms. The number of aryl methyl sites for hydroxylation is 1. The zero-order valence-corrected chi connectivity index (χ0v) is 12.8. The summed E-state index contributed by atoms with van der Waals surface area (Å²) in [7, 11) is 1.70. The molecule has 2 aromatic rings. The number of halogens is 3. The number of rotatable bonds is 3. The number of carbonyl (C=O) groups excluding carboxylic acids is 2.